The number of ether oxygens (including phenoxy) is 3. The lowest BCUT2D eigenvalue weighted by Gasteiger charge is -2.21. The summed E-state index contributed by atoms with van der Waals surface area (Å²) in [6.45, 7) is 4.19. The van der Waals surface area contributed by atoms with Gasteiger partial charge in [0, 0.05) is 12.8 Å². The highest BCUT2D eigenvalue weighted by Gasteiger charge is 2.28. The van der Waals surface area contributed by atoms with Crippen LogP contribution >= 0.6 is 7.82 Å². The normalized spacial score (nSPS) is 14.3. The molecule has 3 unspecified atom stereocenters. The number of hydrogen-bond acceptors (Lipinski definition) is 10. The maximum absolute atomic E-state index is 12.9. The Morgan fingerprint density at radius 1 is 0.417 bits per heavy atom. The fraction of sp³-hybridized carbons (Fsp3) is 0.617. The summed E-state index contributed by atoms with van der Waals surface area (Å²) in [6.07, 6.45) is 64.7. The molecule has 12 heteroatoms. The Morgan fingerprint density at radius 2 is 0.764 bits per heavy atom. The minimum absolute atomic E-state index is 0.0147. The number of carbonyl (C=O) groups excluding carboxylic acids is 3. The van der Waals surface area contributed by atoms with Crippen LogP contribution in [0.25, 0.3) is 0 Å². The zero-order chi connectivity index (χ0) is 52.7. The average Bonchev–Trinajstić information content (AvgIpc) is 3.37. The first kappa shape index (κ1) is 67.9. The highest BCUT2D eigenvalue weighted by atomic mass is 31.2. The smallest absolute Gasteiger partial charge is 0.461 e. The molecule has 72 heavy (non-hydrogen) atoms. The van der Waals surface area contributed by atoms with Crippen LogP contribution in [0.3, 0.4) is 0 Å². The van der Waals surface area contributed by atoms with Crippen molar-refractivity contribution in [1.29, 1.82) is 0 Å². The van der Waals surface area contributed by atoms with Crippen LogP contribution in [0.4, 0.5) is 0 Å². The van der Waals surface area contributed by atoms with E-state index in [0.29, 0.717) is 19.3 Å². The number of esters is 3. The van der Waals surface area contributed by atoms with Gasteiger partial charge in [0.1, 0.15) is 12.7 Å². The third kappa shape index (κ3) is 50.8. The zero-order valence-corrected chi connectivity index (χ0v) is 45.7. The predicted octanol–water partition coefficient (Wildman–Crippen LogP) is 16.0. The monoisotopic (exact) mass is 1020 g/mol. The van der Waals surface area contributed by atoms with Gasteiger partial charge in [-0.3, -0.25) is 23.4 Å². The Bertz CT molecular complexity index is 1670. The van der Waals surface area contributed by atoms with E-state index in [1.165, 1.54) is 0 Å². The summed E-state index contributed by atoms with van der Waals surface area (Å²) in [5.41, 5.74) is 0. The average molecular weight is 1030 g/mol. The molecule has 0 aliphatic carbocycles. The first-order valence-electron chi connectivity index (χ1n) is 27.4. The van der Waals surface area contributed by atoms with E-state index in [1.54, 1.807) is 6.08 Å². The lowest BCUT2D eigenvalue weighted by molar-refractivity contribution is -0.161. The van der Waals surface area contributed by atoms with Gasteiger partial charge in [-0.2, -0.15) is 0 Å². The summed E-state index contributed by atoms with van der Waals surface area (Å²) < 4.78 is 39.3. The molecule has 0 aromatic carbocycles. The Hall–Kier alpha value is -4.12. The third-order valence-corrected chi connectivity index (χ3v) is 11.8. The largest absolute Gasteiger partial charge is 0.472 e. The summed E-state index contributed by atoms with van der Waals surface area (Å²) >= 11 is 0. The SMILES string of the molecule is CC/C=C\C/C=C\C/C=C\C/C=C\C/C=C\CC(=O)OCC(COP(=O)(O)OCC(CO)OC(=O)CCCCCCC/C=C\C/C=C\CCC)OC(=O)CCCCCCCCC/C=C\C/C=C\C/C=C\CC. The lowest BCUT2D eigenvalue weighted by atomic mass is 10.1. The van der Waals surface area contributed by atoms with Crippen LogP contribution < -0.4 is 0 Å². The van der Waals surface area contributed by atoms with Crippen LogP contribution in [0.15, 0.2) is 122 Å². The van der Waals surface area contributed by atoms with E-state index in [1.807, 2.05) is 12.2 Å². The summed E-state index contributed by atoms with van der Waals surface area (Å²) in [4.78, 5) is 48.4. The van der Waals surface area contributed by atoms with Gasteiger partial charge in [-0.25, -0.2) is 4.57 Å². The number of rotatable bonds is 49. The molecule has 0 radical (unpaired) electrons. The first-order valence-corrected chi connectivity index (χ1v) is 28.9. The maximum Gasteiger partial charge on any atom is 0.472 e. The lowest BCUT2D eigenvalue weighted by Crippen LogP contribution is -2.30. The second-order valence-electron chi connectivity index (χ2n) is 17.6. The Morgan fingerprint density at radius 3 is 1.18 bits per heavy atom. The number of hydrogen-bond donors (Lipinski definition) is 2. The van der Waals surface area contributed by atoms with Gasteiger partial charge in [0.2, 0.25) is 0 Å². The Kier molecular flexibility index (Phi) is 50.1. The van der Waals surface area contributed by atoms with Gasteiger partial charge >= 0.3 is 25.7 Å². The van der Waals surface area contributed by atoms with E-state index >= 15 is 0 Å². The molecular weight excluding hydrogens is 928 g/mol. The summed E-state index contributed by atoms with van der Waals surface area (Å²) in [5.74, 6) is -1.66. The third-order valence-electron chi connectivity index (χ3n) is 10.9. The van der Waals surface area contributed by atoms with Gasteiger partial charge in [0.25, 0.3) is 0 Å². The van der Waals surface area contributed by atoms with Crippen molar-refractivity contribution in [2.45, 2.75) is 213 Å². The molecule has 0 aliphatic heterocycles. The molecule has 0 aromatic rings. The molecule has 11 nitrogen and oxygen atoms in total. The van der Waals surface area contributed by atoms with Gasteiger partial charge in [-0.15, -0.1) is 0 Å². The molecule has 0 aliphatic rings. The Labute approximate surface area is 437 Å². The van der Waals surface area contributed by atoms with E-state index in [0.717, 1.165) is 141 Å². The molecule has 0 rings (SSSR count). The molecule has 0 saturated heterocycles. The maximum atomic E-state index is 12.9. The molecule has 0 heterocycles. The van der Waals surface area contributed by atoms with Crippen LogP contribution in [0.1, 0.15) is 201 Å². The number of aliphatic hydroxyl groups excluding tert-OH is 1. The molecule has 0 spiro atoms. The van der Waals surface area contributed by atoms with E-state index in [4.69, 9.17) is 23.3 Å². The van der Waals surface area contributed by atoms with Crippen LogP contribution in [0.2, 0.25) is 0 Å². The molecule has 408 valence electrons. The topological polar surface area (TPSA) is 155 Å². The molecule has 2 N–H and O–H groups in total. The predicted molar refractivity (Wildman–Crippen MR) is 297 cm³/mol. The molecule has 0 saturated carbocycles. The molecular formula is C60H97O11P. The standard InChI is InChI=1S/C60H97O11P/c1-4-7-10-13-16-19-22-25-27-28-30-33-36-39-42-45-48-51-60(64)71-57(53-67-58(62)49-46-43-40-37-34-32-29-26-23-20-17-14-11-8-5-2)55-69-72(65,66)68-54-56(52-61)70-59(63)50-47-44-41-38-35-31-24-21-18-15-12-9-6-3/h7-8,10-12,15-17,19-21,24-27,29,34,37,43,46,56-57,61H,4-6,9,13-14,18,22-23,28,30-33,35-36,38-42,44-45,47-55H2,1-3H3,(H,65,66)/b10-7-,11-8-,15-12-,19-16-,20-17-,24-21-,27-25-,29-26-,37-34-,46-43-. The van der Waals surface area contributed by atoms with Gasteiger partial charge in [0.15, 0.2) is 6.10 Å². The molecule has 3 atom stereocenters. The van der Waals surface area contributed by atoms with Gasteiger partial charge < -0.3 is 24.2 Å². The summed E-state index contributed by atoms with van der Waals surface area (Å²) in [7, 11) is -4.78. The van der Waals surface area contributed by atoms with Crippen molar-refractivity contribution in [3.05, 3.63) is 122 Å². The first-order chi connectivity index (χ1) is 35.2. The minimum Gasteiger partial charge on any atom is -0.461 e. The summed E-state index contributed by atoms with van der Waals surface area (Å²) in [6, 6.07) is 0. The van der Waals surface area contributed by atoms with E-state index in [2.05, 4.69) is 124 Å². The van der Waals surface area contributed by atoms with Gasteiger partial charge in [0.05, 0.1) is 26.2 Å². The van der Waals surface area contributed by atoms with Gasteiger partial charge in [-0.1, -0.05) is 200 Å². The van der Waals surface area contributed by atoms with E-state index in [-0.39, 0.29) is 19.3 Å². The number of aliphatic hydroxyl groups is 1. The quantitative estimate of drug-likeness (QED) is 0.0197. The number of phosphoric ester groups is 1. The number of phosphoric acid groups is 1. The highest BCUT2D eigenvalue weighted by Crippen LogP contribution is 2.43. The highest BCUT2D eigenvalue weighted by molar-refractivity contribution is 7.47. The fourth-order valence-corrected chi connectivity index (χ4v) is 7.56. The van der Waals surface area contributed by atoms with Crippen molar-refractivity contribution in [1.82, 2.24) is 0 Å². The van der Waals surface area contributed by atoms with Crippen LogP contribution in [0, 0.1) is 0 Å². The number of carbonyl (C=O) groups is 3. The fourth-order valence-electron chi connectivity index (χ4n) is 6.77. The van der Waals surface area contributed by atoms with Crippen LogP contribution in [0.5, 0.6) is 0 Å². The van der Waals surface area contributed by atoms with Crippen molar-refractivity contribution < 1.29 is 52.2 Å². The van der Waals surface area contributed by atoms with E-state index in [9.17, 15) is 28.9 Å². The van der Waals surface area contributed by atoms with Crippen LogP contribution in [-0.4, -0.2) is 66.5 Å². The molecule has 0 aromatic heterocycles. The number of allylic oxidation sites excluding steroid dienone is 19. The zero-order valence-electron chi connectivity index (χ0n) is 44.8. The second kappa shape index (κ2) is 53.2. The van der Waals surface area contributed by atoms with Crippen molar-refractivity contribution in [2.24, 2.45) is 0 Å². The number of unbranched alkanes of at least 4 members (excludes halogenated alkanes) is 13. The second-order valence-corrected chi connectivity index (χ2v) is 19.1. The van der Waals surface area contributed by atoms with E-state index < -0.39 is 64.4 Å². The van der Waals surface area contributed by atoms with Gasteiger partial charge in [-0.05, 0) is 103 Å². The molecule has 0 fully saturated rings. The summed E-state index contributed by atoms with van der Waals surface area (Å²) in [5, 5.41) is 9.79. The van der Waals surface area contributed by atoms with Crippen molar-refractivity contribution >= 4 is 25.7 Å². The van der Waals surface area contributed by atoms with Crippen LogP contribution in [-0.2, 0) is 42.2 Å². The van der Waals surface area contributed by atoms with Crippen molar-refractivity contribution in [2.75, 3.05) is 26.4 Å². The van der Waals surface area contributed by atoms with Crippen molar-refractivity contribution in [3.63, 3.8) is 0 Å². The Balaban J connectivity index is 4.89. The molecule has 0 amide bonds. The van der Waals surface area contributed by atoms with Crippen molar-refractivity contribution in [3.8, 4) is 0 Å². The molecule has 0 bridgehead atoms. The minimum atomic E-state index is -4.78.